The molecule has 0 aromatic heterocycles. The van der Waals surface area contributed by atoms with Crippen LogP contribution >= 0.6 is 0 Å². The van der Waals surface area contributed by atoms with E-state index < -0.39 is 11.7 Å². The molecule has 0 spiro atoms. The lowest BCUT2D eigenvalue weighted by molar-refractivity contribution is -0.142. The Kier molecular flexibility index (Phi) is 4.03. The van der Waals surface area contributed by atoms with E-state index in [-0.39, 0.29) is 17.1 Å². The third kappa shape index (κ3) is 3.14. The van der Waals surface area contributed by atoms with Gasteiger partial charge in [0.05, 0.1) is 22.9 Å². The Hall–Kier alpha value is -0.120. The number of aliphatic hydroxyl groups is 2. The minimum absolute atomic E-state index is 0.00519. The highest BCUT2D eigenvalue weighted by Crippen LogP contribution is 2.47. The van der Waals surface area contributed by atoms with Crippen LogP contribution in [-0.2, 0) is 4.74 Å². The van der Waals surface area contributed by atoms with Crippen molar-refractivity contribution in [2.45, 2.75) is 95.5 Å². The highest BCUT2D eigenvalue weighted by atomic mass is 16.5. The summed E-state index contributed by atoms with van der Waals surface area (Å²) in [7, 11) is 0. The van der Waals surface area contributed by atoms with E-state index in [0.29, 0.717) is 0 Å². The predicted molar refractivity (Wildman–Crippen MR) is 76.0 cm³/mol. The zero-order valence-corrected chi connectivity index (χ0v) is 12.9. The molecule has 2 N–H and O–H groups in total. The Morgan fingerprint density at radius 3 is 1.95 bits per heavy atom. The largest absolute Gasteiger partial charge is 0.390 e. The number of aliphatic hydroxyl groups excluding tert-OH is 1. The van der Waals surface area contributed by atoms with Gasteiger partial charge in [0, 0.05) is 5.92 Å². The molecule has 0 bridgehead atoms. The molecule has 0 aromatic carbocycles. The van der Waals surface area contributed by atoms with Crippen molar-refractivity contribution in [2.24, 2.45) is 5.92 Å². The maximum absolute atomic E-state index is 10.9. The monoisotopic (exact) mass is 270 g/mol. The maximum Gasteiger partial charge on any atom is 0.0909 e. The maximum atomic E-state index is 10.9. The van der Waals surface area contributed by atoms with Gasteiger partial charge >= 0.3 is 0 Å². The molecule has 112 valence electrons. The van der Waals surface area contributed by atoms with Crippen LogP contribution < -0.4 is 0 Å². The van der Waals surface area contributed by atoms with Crippen molar-refractivity contribution in [1.29, 1.82) is 0 Å². The predicted octanol–water partition coefficient (Wildman–Crippen LogP) is 3.03. The lowest BCUT2D eigenvalue weighted by Crippen LogP contribution is -2.50. The summed E-state index contributed by atoms with van der Waals surface area (Å²) in [6.45, 7) is 8.21. The van der Waals surface area contributed by atoms with Crippen LogP contribution in [0.2, 0.25) is 0 Å². The minimum Gasteiger partial charge on any atom is -0.390 e. The number of hydrogen-bond donors (Lipinski definition) is 2. The lowest BCUT2D eigenvalue weighted by Gasteiger charge is -2.39. The Morgan fingerprint density at radius 1 is 1.00 bits per heavy atom. The molecule has 2 aliphatic rings. The third-order valence-corrected chi connectivity index (χ3v) is 5.04. The van der Waals surface area contributed by atoms with Crippen molar-refractivity contribution in [3.63, 3.8) is 0 Å². The summed E-state index contributed by atoms with van der Waals surface area (Å²) in [6.07, 6.45) is 5.96. The fourth-order valence-corrected chi connectivity index (χ4v) is 4.11. The Labute approximate surface area is 117 Å². The molecule has 2 rings (SSSR count). The molecule has 1 aliphatic carbocycles. The second kappa shape index (κ2) is 5.01. The van der Waals surface area contributed by atoms with Gasteiger partial charge in [0.25, 0.3) is 0 Å². The summed E-state index contributed by atoms with van der Waals surface area (Å²) >= 11 is 0. The van der Waals surface area contributed by atoms with Gasteiger partial charge in [0.2, 0.25) is 0 Å². The molecule has 2 fully saturated rings. The Bertz CT molecular complexity index is 314. The van der Waals surface area contributed by atoms with E-state index in [2.05, 4.69) is 13.8 Å². The fraction of sp³-hybridized carbons (Fsp3) is 1.00. The normalized spacial score (nSPS) is 34.7. The molecule has 2 unspecified atom stereocenters. The van der Waals surface area contributed by atoms with Crippen molar-refractivity contribution in [1.82, 2.24) is 0 Å². The number of hydrogen-bond acceptors (Lipinski definition) is 3. The fourth-order valence-electron chi connectivity index (χ4n) is 4.11. The minimum atomic E-state index is -0.914. The summed E-state index contributed by atoms with van der Waals surface area (Å²) in [4.78, 5) is 0. The molecule has 1 saturated carbocycles. The van der Waals surface area contributed by atoms with E-state index in [1.807, 2.05) is 13.8 Å². The highest BCUT2D eigenvalue weighted by molar-refractivity contribution is 5.03. The standard InChI is InChI=1S/C16H30O3/c1-14(2)11-12(15(3,4)19-14)13(17)16(18)9-7-5-6-8-10-16/h12-13,17-18H,5-11H2,1-4H3. The second-order valence-corrected chi connectivity index (χ2v) is 7.74. The highest BCUT2D eigenvalue weighted by Gasteiger charge is 2.53. The van der Waals surface area contributed by atoms with Gasteiger partial charge in [-0.1, -0.05) is 25.7 Å². The summed E-state index contributed by atoms with van der Waals surface area (Å²) < 4.78 is 6.07. The smallest absolute Gasteiger partial charge is 0.0909 e. The molecule has 0 aromatic rings. The van der Waals surface area contributed by atoms with Gasteiger partial charge in [-0.3, -0.25) is 0 Å². The number of rotatable bonds is 2. The average molecular weight is 270 g/mol. The van der Waals surface area contributed by atoms with Gasteiger partial charge in [-0.2, -0.15) is 0 Å². The van der Waals surface area contributed by atoms with Crippen molar-refractivity contribution < 1.29 is 14.9 Å². The summed E-state index contributed by atoms with van der Waals surface area (Å²) in [5, 5.41) is 21.7. The summed E-state index contributed by atoms with van der Waals surface area (Å²) in [5.74, 6) is 0.00519. The van der Waals surface area contributed by atoms with Crippen LogP contribution in [0.5, 0.6) is 0 Å². The first-order valence-electron chi connectivity index (χ1n) is 7.77. The molecule has 19 heavy (non-hydrogen) atoms. The van der Waals surface area contributed by atoms with Crippen LogP contribution in [0, 0.1) is 5.92 Å². The molecule has 0 radical (unpaired) electrons. The van der Waals surface area contributed by atoms with Crippen molar-refractivity contribution in [2.75, 3.05) is 0 Å². The van der Waals surface area contributed by atoms with Crippen molar-refractivity contribution >= 4 is 0 Å². The summed E-state index contributed by atoms with van der Waals surface area (Å²) in [6, 6.07) is 0. The van der Waals surface area contributed by atoms with Crippen LogP contribution in [0.4, 0.5) is 0 Å². The molecule has 2 atom stereocenters. The zero-order valence-electron chi connectivity index (χ0n) is 12.9. The van der Waals surface area contributed by atoms with Gasteiger partial charge in [-0.25, -0.2) is 0 Å². The van der Waals surface area contributed by atoms with Crippen LogP contribution in [0.25, 0.3) is 0 Å². The van der Waals surface area contributed by atoms with Gasteiger partial charge < -0.3 is 14.9 Å². The van der Waals surface area contributed by atoms with E-state index in [1.54, 1.807) is 0 Å². The third-order valence-electron chi connectivity index (χ3n) is 5.04. The molecule has 3 nitrogen and oxygen atoms in total. The zero-order chi connectivity index (χ0) is 14.3. The Morgan fingerprint density at radius 2 is 1.53 bits per heavy atom. The van der Waals surface area contributed by atoms with Gasteiger partial charge in [0.1, 0.15) is 0 Å². The lowest BCUT2D eigenvalue weighted by atomic mass is 9.74. The van der Waals surface area contributed by atoms with Gasteiger partial charge in [-0.15, -0.1) is 0 Å². The second-order valence-electron chi connectivity index (χ2n) is 7.74. The van der Waals surface area contributed by atoms with E-state index in [1.165, 1.54) is 12.8 Å². The molecule has 0 amide bonds. The van der Waals surface area contributed by atoms with E-state index >= 15 is 0 Å². The molecule has 3 heteroatoms. The van der Waals surface area contributed by atoms with Crippen LogP contribution in [-0.4, -0.2) is 33.1 Å². The van der Waals surface area contributed by atoms with Crippen molar-refractivity contribution in [3.05, 3.63) is 0 Å². The van der Waals surface area contributed by atoms with E-state index in [0.717, 1.165) is 32.1 Å². The average Bonchev–Trinajstić information content (AvgIpc) is 2.43. The van der Waals surface area contributed by atoms with Crippen LogP contribution in [0.15, 0.2) is 0 Å². The van der Waals surface area contributed by atoms with E-state index in [9.17, 15) is 10.2 Å². The molecular formula is C16H30O3. The SMILES string of the molecule is CC1(C)CC(C(O)C2(O)CCCCCC2)C(C)(C)O1. The first kappa shape index (κ1) is 15.3. The first-order valence-corrected chi connectivity index (χ1v) is 7.77. The first-order chi connectivity index (χ1) is 8.66. The quantitative estimate of drug-likeness (QED) is 0.758. The van der Waals surface area contributed by atoms with Gasteiger partial charge in [-0.05, 0) is 47.0 Å². The topological polar surface area (TPSA) is 49.7 Å². The van der Waals surface area contributed by atoms with Gasteiger partial charge in [0.15, 0.2) is 0 Å². The Balaban J connectivity index is 2.16. The molecule has 1 saturated heterocycles. The molecule has 1 aliphatic heterocycles. The number of ether oxygens (including phenoxy) is 1. The molecule has 1 heterocycles. The van der Waals surface area contributed by atoms with Crippen molar-refractivity contribution in [3.8, 4) is 0 Å². The van der Waals surface area contributed by atoms with Crippen LogP contribution in [0.3, 0.4) is 0 Å². The molecular weight excluding hydrogens is 240 g/mol. The van der Waals surface area contributed by atoms with E-state index in [4.69, 9.17) is 4.74 Å². The summed E-state index contributed by atoms with van der Waals surface area (Å²) in [5.41, 5.74) is -1.50. The van der Waals surface area contributed by atoms with Crippen LogP contribution in [0.1, 0.15) is 72.6 Å².